The van der Waals surface area contributed by atoms with Crippen LogP contribution >= 0.6 is 0 Å². The van der Waals surface area contributed by atoms with Gasteiger partial charge >= 0.3 is 0 Å². The summed E-state index contributed by atoms with van der Waals surface area (Å²) in [6.45, 7) is 0. The van der Waals surface area contributed by atoms with Crippen LogP contribution in [0.2, 0.25) is 0 Å². The molecule has 1 aliphatic carbocycles. The molecule has 0 amide bonds. The van der Waals surface area contributed by atoms with E-state index in [0.29, 0.717) is 5.71 Å². The van der Waals surface area contributed by atoms with E-state index in [1.54, 1.807) is 0 Å². The number of anilines is 1. The molecule has 1 saturated carbocycles. The Balaban J connectivity index is 2.06. The number of para-hydroxylation sites is 1. The highest BCUT2D eigenvalue weighted by Crippen LogP contribution is 2.14. The Morgan fingerprint density at radius 1 is 1.00 bits per heavy atom. The van der Waals surface area contributed by atoms with Gasteiger partial charge in [0.05, 0.1) is 11.4 Å². The van der Waals surface area contributed by atoms with Crippen LogP contribution in [-0.4, -0.2) is 16.6 Å². The van der Waals surface area contributed by atoms with Gasteiger partial charge in [-0.3, -0.25) is 5.43 Å². The fourth-order valence-corrected chi connectivity index (χ4v) is 1.75. The fourth-order valence-electron chi connectivity index (χ4n) is 1.75. The quantitative estimate of drug-likeness (QED) is 0.591. The fraction of sp³-hybridized carbons (Fsp3) is 0.333. The molecule has 0 spiro atoms. The van der Waals surface area contributed by atoms with E-state index in [2.05, 4.69) is 15.7 Å². The van der Waals surface area contributed by atoms with Gasteiger partial charge < -0.3 is 5.21 Å². The average molecular weight is 217 g/mol. The summed E-state index contributed by atoms with van der Waals surface area (Å²) in [5, 5.41) is 16.4. The molecule has 4 heteroatoms. The van der Waals surface area contributed by atoms with Crippen molar-refractivity contribution in [2.45, 2.75) is 25.7 Å². The number of hydrogen-bond donors (Lipinski definition) is 2. The molecule has 0 bridgehead atoms. The highest BCUT2D eigenvalue weighted by Gasteiger charge is 2.15. The van der Waals surface area contributed by atoms with Crippen molar-refractivity contribution >= 4 is 17.1 Å². The van der Waals surface area contributed by atoms with Gasteiger partial charge in [-0.05, 0) is 37.8 Å². The van der Waals surface area contributed by atoms with E-state index in [1.807, 2.05) is 30.3 Å². The minimum atomic E-state index is 0.703. The Bertz CT molecular complexity index is 398. The van der Waals surface area contributed by atoms with Crippen molar-refractivity contribution in [2.24, 2.45) is 10.3 Å². The zero-order valence-corrected chi connectivity index (χ0v) is 9.06. The first-order chi connectivity index (χ1) is 7.90. The first-order valence-corrected chi connectivity index (χ1v) is 5.49. The summed E-state index contributed by atoms with van der Waals surface area (Å²) in [7, 11) is 0. The maximum Gasteiger partial charge on any atom is 0.103 e. The summed E-state index contributed by atoms with van der Waals surface area (Å²) >= 11 is 0. The zero-order valence-electron chi connectivity index (χ0n) is 9.06. The predicted octanol–water partition coefficient (Wildman–Crippen LogP) is 2.86. The Kier molecular flexibility index (Phi) is 3.53. The van der Waals surface area contributed by atoms with E-state index in [-0.39, 0.29) is 0 Å². The molecule has 84 valence electrons. The Morgan fingerprint density at radius 2 is 1.69 bits per heavy atom. The van der Waals surface area contributed by atoms with Gasteiger partial charge in [0.1, 0.15) is 5.71 Å². The molecule has 0 unspecified atom stereocenters. The largest absolute Gasteiger partial charge is 0.411 e. The van der Waals surface area contributed by atoms with Gasteiger partial charge in [0.15, 0.2) is 0 Å². The van der Waals surface area contributed by atoms with Gasteiger partial charge in [0.2, 0.25) is 0 Å². The van der Waals surface area contributed by atoms with Crippen molar-refractivity contribution in [1.82, 2.24) is 0 Å². The van der Waals surface area contributed by atoms with Crippen LogP contribution < -0.4 is 5.43 Å². The molecule has 1 aromatic rings. The second-order valence-electron chi connectivity index (χ2n) is 3.79. The van der Waals surface area contributed by atoms with Gasteiger partial charge in [-0.15, -0.1) is 0 Å². The first-order valence-electron chi connectivity index (χ1n) is 5.49. The minimum absolute atomic E-state index is 0.703. The number of hydrogen-bond acceptors (Lipinski definition) is 4. The van der Waals surface area contributed by atoms with Crippen molar-refractivity contribution in [1.29, 1.82) is 0 Å². The first kappa shape index (κ1) is 10.7. The predicted molar refractivity (Wildman–Crippen MR) is 65.2 cm³/mol. The summed E-state index contributed by atoms with van der Waals surface area (Å²) < 4.78 is 0. The van der Waals surface area contributed by atoms with Crippen LogP contribution in [0.25, 0.3) is 0 Å². The third kappa shape index (κ3) is 2.59. The number of hydrazone groups is 1. The van der Waals surface area contributed by atoms with E-state index in [9.17, 15) is 0 Å². The molecule has 0 atom stereocenters. The molecular weight excluding hydrogens is 202 g/mol. The van der Waals surface area contributed by atoms with Crippen molar-refractivity contribution in [2.75, 3.05) is 5.43 Å². The van der Waals surface area contributed by atoms with Gasteiger partial charge in [0.25, 0.3) is 0 Å². The van der Waals surface area contributed by atoms with Crippen LogP contribution in [0.15, 0.2) is 40.6 Å². The molecule has 1 aromatic carbocycles. The Labute approximate surface area is 94.7 Å². The summed E-state index contributed by atoms with van der Waals surface area (Å²) in [6, 6.07) is 9.75. The van der Waals surface area contributed by atoms with Crippen molar-refractivity contribution in [3.63, 3.8) is 0 Å². The van der Waals surface area contributed by atoms with Crippen LogP contribution in [0.3, 0.4) is 0 Å². The lowest BCUT2D eigenvalue weighted by molar-refractivity contribution is 0.318. The SMILES string of the molecule is ON=C1CCCCC1=NNc1ccccc1. The third-order valence-electron chi connectivity index (χ3n) is 2.62. The smallest absolute Gasteiger partial charge is 0.103 e. The standard InChI is InChI=1S/C12H15N3O/c16-15-12-9-5-4-8-11(12)14-13-10-6-2-1-3-7-10/h1-3,6-7,13,16H,4-5,8-9H2. The highest BCUT2D eigenvalue weighted by molar-refractivity contribution is 6.42. The van der Waals surface area contributed by atoms with Crippen molar-refractivity contribution < 1.29 is 5.21 Å². The molecule has 1 fully saturated rings. The maximum absolute atomic E-state index is 8.84. The van der Waals surface area contributed by atoms with Crippen molar-refractivity contribution in [3.8, 4) is 0 Å². The molecular formula is C12H15N3O. The normalized spacial score (nSPS) is 21.2. The molecule has 16 heavy (non-hydrogen) atoms. The van der Waals surface area contributed by atoms with Crippen LogP contribution in [0.1, 0.15) is 25.7 Å². The summed E-state index contributed by atoms with van der Waals surface area (Å²) in [5.41, 5.74) is 5.48. The monoisotopic (exact) mass is 217 g/mol. The second kappa shape index (κ2) is 5.30. The van der Waals surface area contributed by atoms with E-state index in [4.69, 9.17) is 5.21 Å². The summed E-state index contributed by atoms with van der Waals surface area (Å²) in [6.07, 6.45) is 3.86. The number of nitrogens with zero attached hydrogens (tertiary/aromatic N) is 2. The number of oxime groups is 1. The molecule has 0 aliphatic heterocycles. The number of benzene rings is 1. The van der Waals surface area contributed by atoms with E-state index < -0.39 is 0 Å². The van der Waals surface area contributed by atoms with Gasteiger partial charge in [-0.25, -0.2) is 0 Å². The van der Waals surface area contributed by atoms with Gasteiger partial charge in [-0.2, -0.15) is 5.10 Å². The van der Waals surface area contributed by atoms with Crippen LogP contribution in [0.5, 0.6) is 0 Å². The molecule has 1 aliphatic rings. The molecule has 0 aromatic heterocycles. The van der Waals surface area contributed by atoms with Crippen LogP contribution in [0.4, 0.5) is 5.69 Å². The van der Waals surface area contributed by atoms with Crippen LogP contribution in [0, 0.1) is 0 Å². The Hall–Kier alpha value is -1.84. The number of rotatable bonds is 2. The summed E-state index contributed by atoms with van der Waals surface area (Å²) in [4.78, 5) is 0. The Morgan fingerprint density at radius 3 is 2.38 bits per heavy atom. The lowest BCUT2D eigenvalue weighted by Gasteiger charge is -2.14. The van der Waals surface area contributed by atoms with E-state index >= 15 is 0 Å². The molecule has 4 nitrogen and oxygen atoms in total. The van der Waals surface area contributed by atoms with Gasteiger partial charge in [-0.1, -0.05) is 23.4 Å². The minimum Gasteiger partial charge on any atom is -0.411 e. The second-order valence-corrected chi connectivity index (χ2v) is 3.79. The molecule has 0 radical (unpaired) electrons. The van der Waals surface area contributed by atoms with Crippen LogP contribution in [-0.2, 0) is 0 Å². The highest BCUT2D eigenvalue weighted by atomic mass is 16.4. The lowest BCUT2D eigenvalue weighted by Crippen LogP contribution is -2.20. The third-order valence-corrected chi connectivity index (χ3v) is 2.62. The molecule has 0 heterocycles. The zero-order chi connectivity index (χ0) is 11.2. The van der Waals surface area contributed by atoms with Gasteiger partial charge in [0, 0.05) is 0 Å². The molecule has 2 N–H and O–H groups in total. The topological polar surface area (TPSA) is 57.0 Å². The van der Waals surface area contributed by atoms with Crippen molar-refractivity contribution in [3.05, 3.63) is 30.3 Å². The molecule has 0 saturated heterocycles. The molecule has 2 rings (SSSR count). The average Bonchev–Trinajstić information content (AvgIpc) is 2.38. The maximum atomic E-state index is 8.84. The number of nitrogens with one attached hydrogen (secondary N) is 1. The lowest BCUT2D eigenvalue weighted by atomic mass is 9.96. The van der Waals surface area contributed by atoms with E-state index in [0.717, 1.165) is 37.1 Å². The summed E-state index contributed by atoms with van der Waals surface area (Å²) in [5.74, 6) is 0. The van der Waals surface area contributed by atoms with E-state index in [1.165, 1.54) is 0 Å².